The summed E-state index contributed by atoms with van der Waals surface area (Å²) in [5.74, 6) is 0.880. The third-order valence-electron chi connectivity index (χ3n) is 2.71. The molecule has 2 rings (SSSR count). The number of benzene rings is 1. The Kier molecular flexibility index (Phi) is 4.51. The van der Waals surface area contributed by atoms with Crippen LogP contribution in [0.2, 0.25) is 10.0 Å². The number of methoxy groups -OCH3 is 1. The van der Waals surface area contributed by atoms with Gasteiger partial charge >= 0.3 is 0 Å². The first-order valence-electron chi connectivity index (χ1n) is 5.41. The molecule has 2 nitrogen and oxygen atoms in total. The van der Waals surface area contributed by atoms with Crippen LogP contribution in [0.5, 0.6) is 5.75 Å². The number of hydrogen-bond acceptors (Lipinski definition) is 3. The maximum atomic E-state index is 6.06. The molecule has 0 bridgehead atoms. The van der Waals surface area contributed by atoms with Gasteiger partial charge in [0.2, 0.25) is 0 Å². The molecular formula is C13H13Cl2NOS. The Hall–Kier alpha value is -0.740. The molecule has 5 heteroatoms. The summed E-state index contributed by atoms with van der Waals surface area (Å²) in [6.07, 6.45) is 0. The van der Waals surface area contributed by atoms with E-state index in [4.69, 9.17) is 27.9 Å². The van der Waals surface area contributed by atoms with Crippen LogP contribution in [0.1, 0.15) is 16.5 Å². The topological polar surface area (TPSA) is 21.3 Å². The predicted octanol–water partition coefficient (Wildman–Crippen LogP) is 4.37. The van der Waals surface area contributed by atoms with Crippen LogP contribution in [0.15, 0.2) is 29.6 Å². The summed E-state index contributed by atoms with van der Waals surface area (Å²) in [5, 5.41) is 6.40. The normalized spacial score (nSPS) is 12.4. The van der Waals surface area contributed by atoms with Crippen molar-refractivity contribution in [3.05, 3.63) is 50.1 Å². The zero-order chi connectivity index (χ0) is 13.1. The first kappa shape index (κ1) is 13.7. The van der Waals surface area contributed by atoms with Gasteiger partial charge in [0.15, 0.2) is 0 Å². The van der Waals surface area contributed by atoms with E-state index in [9.17, 15) is 0 Å². The Balaban J connectivity index is 2.42. The lowest BCUT2D eigenvalue weighted by molar-refractivity contribution is 0.408. The molecule has 0 aliphatic rings. The summed E-state index contributed by atoms with van der Waals surface area (Å²) in [4.78, 5) is 1.12. The average Bonchev–Trinajstić information content (AvgIpc) is 2.83. The van der Waals surface area contributed by atoms with Crippen molar-refractivity contribution >= 4 is 34.5 Å². The summed E-state index contributed by atoms with van der Waals surface area (Å²) in [7, 11) is 3.58. The van der Waals surface area contributed by atoms with Crippen molar-refractivity contribution < 1.29 is 4.74 Å². The molecule has 1 heterocycles. The second kappa shape index (κ2) is 5.93. The molecule has 0 saturated heterocycles. The largest absolute Gasteiger partial charge is 0.496 e. The Labute approximate surface area is 120 Å². The Morgan fingerprint density at radius 1 is 1.22 bits per heavy atom. The first-order valence-corrected chi connectivity index (χ1v) is 7.04. The van der Waals surface area contributed by atoms with Crippen molar-refractivity contribution in [2.24, 2.45) is 0 Å². The lowest BCUT2D eigenvalue weighted by Crippen LogP contribution is -2.17. The van der Waals surface area contributed by atoms with Crippen LogP contribution in [0.25, 0.3) is 0 Å². The minimum atomic E-state index is 0.0507. The molecule has 2 aromatic rings. The van der Waals surface area contributed by atoms with Gasteiger partial charge in [-0.2, -0.15) is 0 Å². The quantitative estimate of drug-likeness (QED) is 0.905. The Morgan fingerprint density at radius 3 is 2.61 bits per heavy atom. The summed E-state index contributed by atoms with van der Waals surface area (Å²) in [6.45, 7) is 0. The molecule has 1 aromatic heterocycles. The number of thiophene rings is 1. The third kappa shape index (κ3) is 2.64. The van der Waals surface area contributed by atoms with E-state index in [1.165, 1.54) is 0 Å². The fraction of sp³-hybridized carbons (Fsp3) is 0.231. The monoisotopic (exact) mass is 301 g/mol. The highest BCUT2D eigenvalue weighted by Gasteiger charge is 2.18. The van der Waals surface area contributed by atoms with Crippen molar-refractivity contribution in [2.45, 2.75) is 6.04 Å². The van der Waals surface area contributed by atoms with Crippen LogP contribution in [0.4, 0.5) is 0 Å². The van der Waals surface area contributed by atoms with Crippen LogP contribution < -0.4 is 10.1 Å². The van der Waals surface area contributed by atoms with Crippen molar-refractivity contribution in [1.29, 1.82) is 0 Å². The van der Waals surface area contributed by atoms with Gasteiger partial charge in [0.25, 0.3) is 0 Å². The number of ether oxygens (including phenoxy) is 1. The molecule has 0 aliphatic carbocycles. The van der Waals surface area contributed by atoms with Crippen LogP contribution >= 0.6 is 34.5 Å². The molecule has 1 unspecified atom stereocenters. The molecule has 0 amide bonds. The van der Waals surface area contributed by atoms with E-state index in [0.717, 1.165) is 16.2 Å². The smallest absolute Gasteiger partial charge is 0.134 e. The molecule has 0 spiro atoms. The van der Waals surface area contributed by atoms with Crippen molar-refractivity contribution in [3.63, 3.8) is 0 Å². The molecule has 1 atom stereocenters. The van der Waals surface area contributed by atoms with Gasteiger partial charge < -0.3 is 10.1 Å². The van der Waals surface area contributed by atoms with Gasteiger partial charge in [-0.3, -0.25) is 0 Å². The average molecular weight is 302 g/mol. The molecule has 0 radical (unpaired) electrons. The molecule has 1 N–H and O–H groups in total. The predicted molar refractivity (Wildman–Crippen MR) is 78.2 cm³/mol. The van der Waals surface area contributed by atoms with E-state index in [1.807, 2.05) is 36.7 Å². The first-order chi connectivity index (χ1) is 8.67. The SMILES string of the molecule is CNC(c1ccc(Cl)c(Cl)c1)c1sccc1OC. The molecular weight excluding hydrogens is 289 g/mol. The second-order valence-electron chi connectivity index (χ2n) is 3.75. The highest BCUT2D eigenvalue weighted by atomic mass is 35.5. The number of rotatable bonds is 4. The molecule has 18 heavy (non-hydrogen) atoms. The van der Waals surface area contributed by atoms with Crippen molar-refractivity contribution in [2.75, 3.05) is 14.2 Å². The van der Waals surface area contributed by atoms with E-state index < -0.39 is 0 Å². The standard InChI is InChI=1S/C13H13Cl2NOS/c1-16-12(13-11(17-2)5-6-18-13)8-3-4-9(14)10(15)7-8/h3-7,12,16H,1-2H3. The summed E-state index contributed by atoms with van der Waals surface area (Å²) in [5.41, 5.74) is 1.06. The van der Waals surface area contributed by atoms with Gasteiger partial charge in [-0.15, -0.1) is 11.3 Å². The fourth-order valence-electron chi connectivity index (χ4n) is 1.83. The minimum absolute atomic E-state index is 0.0507. The molecule has 0 saturated carbocycles. The van der Waals surface area contributed by atoms with Gasteiger partial charge in [-0.1, -0.05) is 29.3 Å². The van der Waals surface area contributed by atoms with Gasteiger partial charge in [0.05, 0.1) is 28.1 Å². The summed E-state index contributed by atoms with van der Waals surface area (Å²) >= 11 is 13.6. The van der Waals surface area contributed by atoms with Crippen LogP contribution in [-0.2, 0) is 0 Å². The zero-order valence-electron chi connectivity index (χ0n) is 10.0. The van der Waals surface area contributed by atoms with E-state index in [-0.39, 0.29) is 6.04 Å². The number of hydrogen-bond donors (Lipinski definition) is 1. The highest BCUT2D eigenvalue weighted by molar-refractivity contribution is 7.10. The van der Waals surface area contributed by atoms with Gasteiger partial charge in [0.1, 0.15) is 5.75 Å². The number of halogens is 2. The second-order valence-corrected chi connectivity index (χ2v) is 5.51. The lowest BCUT2D eigenvalue weighted by Gasteiger charge is -2.17. The highest BCUT2D eigenvalue weighted by Crippen LogP contribution is 2.36. The van der Waals surface area contributed by atoms with E-state index in [0.29, 0.717) is 10.0 Å². The summed E-state index contributed by atoms with van der Waals surface area (Å²) < 4.78 is 5.35. The maximum Gasteiger partial charge on any atom is 0.134 e. The van der Waals surface area contributed by atoms with Crippen LogP contribution in [0, 0.1) is 0 Å². The van der Waals surface area contributed by atoms with E-state index in [1.54, 1.807) is 18.4 Å². The lowest BCUT2D eigenvalue weighted by atomic mass is 10.1. The zero-order valence-corrected chi connectivity index (χ0v) is 12.4. The van der Waals surface area contributed by atoms with Gasteiger partial charge in [-0.25, -0.2) is 0 Å². The maximum absolute atomic E-state index is 6.06. The van der Waals surface area contributed by atoms with Crippen molar-refractivity contribution in [1.82, 2.24) is 5.32 Å². The summed E-state index contributed by atoms with van der Waals surface area (Å²) in [6, 6.07) is 7.67. The molecule has 96 valence electrons. The third-order valence-corrected chi connectivity index (χ3v) is 4.41. The fourth-order valence-corrected chi connectivity index (χ4v) is 3.13. The Morgan fingerprint density at radius 2 is 2.00 bits per heavy atom. The number of nitrogens with one attached hydrogen (secondary N) is 1. The molecule has 0 aliphatic heterocycles. The van der Waals surface area contributed by atoms with Crippen LogP contribution in [-0.4, -0.2) is 14.2 Å². The van der Waals surface area contributed by atoms with Gasteiger partial charge in [0, 0.05) is 0 Å². The van der Waals surface area contributed by atoms with Gasteiger partial charge in [-0.05, 0) is 36.2 Å². The molecule has 1 aromatic carbocycles. The van der Waals surface area contributed by atoms with E-state index in [2.05, 4.69) is 5.32 Å². The molecule has 0 fully saturated rings. The van der Waals surface area contributed by atoms with Crippen molar-refractivity contribution in [3.8, 4) is 5.75 Å². The van der Waals surface area contributed by atoms with E-state index >= 15 is 0 Å². The minimum Gasteiger partial charge on any atom is -0.496 e. The van der Waals surface area contributed by atoms with Crippen LogP contribution in [0.3, 0.4) is 0 Å². The Bertz CT molecular complexity index is 542.